The average Bonchev–Trinajstić information content (AvgIpc) is 3.24. The van der Waals surface area contributed by atoms with Gasteiger partial charge >= 0.3 is 0 Å². The van der Waals surface area contributed by atoms with Crippen LogP contribution in [0.2, 0.25) is 5.02 Å². The van der Waals surface area contributed by atoms with Crippen LogP contribution in [0.5, 0.6) is 0 Å². The van der Waals surface area contributed by atoms with E-state index in [1.54, 1.807) is 0 Å². The lowest BCUT2D eigenvalue weighted by Gasteiger charge is -2.35. The first-order valence-electron chi connectivity index (χ1n) is 12.3. The summed E-state index contributed by atoms with van der Waals surface area (Å²) >= 11 is 6.24. The second kappa shape index (κ2) is 11.4. The van der Waals surface area contributed by atoms with Gasteiger partial charge in [-0.2, -0.15) is 4.98 Å². The number of carbonyl (C=O) groups excluding carboxylic acids is 1. The van der Waals surface area contributed by atoms with Crippen LogP contribution in [0.15, 0.2) is 28.8 Å². The number of nitrogens with one attached hydrogen (secondary N) is 1. The molecule has 0 saturated carbocycles. The number of benzene rings is 1. The molecule has 8 heteroatoms. The Hall–Kier alpha value is -1.96. The first-order chi connectivity index (χ1) is 16.0. The molecular weight excluding hydrogens is 438 g/mol. The Morgan fingerprint density at radius 1 is 1.18 bits per heavy atom. The predicted molar refractivity (Wildman–Crippen MR) is 130 cm³/mol. The van der Waals surface area contributed by atoms with Crippen molar-refractivity contribution in [1.29, 1.82) is 0 Å². The van der Waals surface area contributed by atoms with Crippen molar-refractivity contribution in [3.05, 3.63) is 35.2 Å². The third-order valence-corrected chi connectivity index (χ3v) is 7.04. The standard InChI is InChI=1S/C25H36ClN5O2/c1-18-13-19(2)15-30(14-18)12-6-10-27-25(32)20-7-5-11-31(16-20)17-23-28-24(29-33-23)21-8-3-4-9-22(21)26/h3-4,8-9,18-20H,5-7,10-17H2,1-2H3,(H,27,32). The van der Waals surface area contributed by atoms with Gasteiger partial charge in [0.15, 0.2) is 0 Å². The van der Waals surface area contributed by atoms with Gasteiger partial charge in [-0.25, -0.2) is 0 Å². The van der Waals surface area contributed by atoms with Crippen LogP contribution in [-0.4, -0.2) is 65.1 Å². The van der Waals surface area contributed by atoms with E-state index in [0.29, 0.717) is 23.3 Å². The van der Waals surface area contributed by atoms with Crippen LogP contribution >= 0.6 is 11.6 Å². The molecule has 2 aromatic rings. The van der Waals surface area contributed by atoms with Crippen LogP contribution in [-0.2, 0) is 11.3 Å². The van der Waals surface area contributed by atoms with Gasteiger partial charge in [0.25, 0.3) is 0 Å². The summed E-state index contributed by atoms with van der Waals surface area (Å²) in [5.74, 6) is 2.78. The van der Waals surface area contributed by atoms with Gasteiger partial charge in [-0.15, -0.1) is 0 Å². The number of nitrogens with zero attached hydrogens (tertiary/aromatic N) is 4. The van der Waals surface area contributed by atoms with Crippen molar-refractivity contribution in [1.82, 2.24) is 25.3 Å². The molecular formula is C25H36ClN5O2. The summed E-state index contributed by atoms with van der Waals surface area (Å²) in [6, 6.07) is 7.47. The van der Waals surface area contributed by atoms with Crippen LogP contribution in [0, 0.1) is 17.8 Å². The number of hydrogen-bond donors (Lipinski definition) is 1. The van der Waals surface area contributed by atoms with Gasteiger partial charge < -0.3 is 14.7 Å². The van der Waals surface area contributed by atoms with Gasteiger partial charge in [0.05, 0.1) is 17.5 Å². The van der Waals surface area contributed by atoms with Gasteiger partial charge in [0.2, 0.25) is 17.6 Å². The fourth-order valence-electron chi connectivity index (χ4n) is 5.31. The van der Waals surface area contributed by atoms with Crippen LogP contribution < -0.4 is 5.32 Å². The molecule has 4 rings (SSSR count). The Morgan fingerprint density at radius 3 is 2.76 bits per heavy atom. The van der Waals surface area contributed by atoms with Crippen molar-refractivity contribution in [2.24, 2.45) is 17.8 Å². The Labute approximate surface area is 201 Å². The molecule has 1 amide bonds. The van der Waals surface area contributed by atoms with Crippen molar-refractivity contribution in [2.45, 2.75) is 46.1 Å². The lowest BCUT2D eigenvalue weighted by molar-refractivity contribution is -0.126. The number of hydrogen-bond acceptors (Lipinski definition) is 6. The molecule has 33 heavy (non-hydrogen) atoms. The Kier molecular flexibility index (Phi) is 8.39. The lowest BCUT2D eigenvalue weighted by Crippen LogP contribution is -2.43. The number of halogens is 1. The molecule has 3 heterocycles. The molecule has 180 valence electrons. The minimum atomic E-state index is 0.0136. The van der Waals surface area contributed by atoms with Crippen molar-refractivity contribution in [3.63, 3.8) is 0 Å². The molecule has 0 spiro atoms. The molecule has 1 N–H and O–H groups in total. The van der Waals surface area contributed by atoms with E-state index in [1.165, 1.54) is 19.5 Å². The molecule has 2 aliphatic rings. The summed E-state index contributed by atoms with van der Waals surface area (Å²) in [5, 5.41) is 7.86. The van der Waals surface area contributed by atoms with Gasteiger partial charge in [-0.3, -0.25) is 9.69 Å². The number of rotatable bonds is 8. The van der Waals surface area contributed by atoms with E-state index in [1.807, 2.05) is 24.3 Å². The molecule has 2 aliphatic heterocycles. The molecule has 7 nitrogen and oxygen atoms in total. The summed E-state index contributed by atoms with van der Waals surface area (Å²) in [6.45, 7) is 11.1. The summed E-state index contributed by atoms with van der Waals surface area (Å²) < 4.78 is 5.46. The SMILES string of the molecule is CC1CC(C)CN(CCCNC(=O)C2CCCN(Cc3nc(-c4ccccc4Cl)no3)C2)C1. The minimum Gasteiger partial charge on any atom is -0.356 e. The van der Waals surface area contributed by atoms with Crippen molar-refractivity contribution in [3.8, 4) is 11.4 Å². The fourth-order valence-corrected chi connectivity index (χ4v) is 5.53. The maximum Gasteiger partial charge on any atom is 0.241 e. The second-order valence-electron chi connectivity index (χ2n) is 9.92. The van der Waals surface area contributed by atoms with Crippen molar-refractivity contribution < 1.29 is 9.32 Å². The number of likely N-dealkylation sites (tertiary alicyclic amines) is 2. The summed E-state index contributed by atoms with van der Waals surface area (Å²) in [6.07, 6.45) is 4.26. The third kappa shape index (κ3) is 6.78. The number of piperidine rings is 2. The van der Waals surface area contributed by atoms with Crippen molar-refractivity contribution >= 4 is 17.5 Å². The lowest BCUT2D eigenvalue weighted by atomic mass is 9.92. The van der Waals surface area contributed by atoms with Gasteiger partial charge in [0, 0.05) is 31.7 Å². The van der Waals surface area contributed by atoms with Gasteiger partial charge in [-0.1, -0.05) is 42.7 Å². The highest BCUT2D eigenvalue weighted by Crippen LogP contribution is 2.26. The zero-order chi connectivity index (χ0) is 23.2. The fraction of sp³-hybridized carbons (Fsp3) is 0.640. The molecule has 0 aliphatic carbocycles. The Balaban J connectivity index is 1.21. The van der Waals surface area contributed by atoms with E-state index >= 15 is 0 Å². The number of carbonyl (C=O) groups is 1. The van der Waals surface area contributed by atoms with E-state index in [0.717, 1.165) is 62.8 Å². The zero-order valence-electron chi connectivity index (χ0n) is 19.8. The van der Waals surface area contributed by atoms with E-state index in [9.17, 15) is 4.79 Å². The smallest absolute Gasteiger partial charge is 0.241 e. The monoisotopic (exact) mass is 473 g/mol. The predicted octanol–water partition coefficient (Wildman–Crippen LogP) is 4.09. The van der Waals surface area contributed by atoms with Gasteiger partial charge in [-0.05, 0) is 62.7 Å². The Morgan fingerprint density at radius 2 is 1.97 bits per heavy atom. The molecule has 1 aromatic carbocycles. The van der Waals surface area contributed by atoms with E-state index in [-0.39, 0.29) is 11.8 Å². The van der Waals surface area contributed by atoms with E-state index < -0.39 is 0 Å². The van der Waals surface area contributed by atoms with Crippen molar-refractivity contribution in [2.75, 3.05) is 39.3 Å². The summed E-state index contributed by atoms with van der Waals surface area (Å²) in [5.41, 5.74) is 0.763. The topological polar surface area (TPSA) is 74.5 Å². The van der Waals surface area contributed by atoms with Crippen LogP contribution in [0.3, 0.4) is 0 Å². The molecule has 2 fully saturated rings. The Bertz CT molecular complexity index is 910. The summed E-state index contributed by atoms with van der Waals surface area (Å²) in [4.78, 5) is 22.1. The molecule has 0 bridgehead atoms. The first kappa shape index (κ1) is 24.2. The highest BCUT2D eigenvalue weighted by molar-refractivity contribution is 6.33. The highest BCUT2D eigenvalue weighted by Gasteiger charge is 2.27. The zero-order valence-corrected chi connectivity index (χ0v) is 20.6. The molecule has 2 saturated heterocycles. The number of aromatic nitrogens is 2. The minimum absolute atomic E-state index is 0.0136. The van der Waals surface area contributed by atoms with E-state index in [4.69, 9.17) is 16.1 Å². The quantitative estimate of drug-likeness (QED) is 0.582. The van der Waals surface area contributed by atoms with Crippen LogP contribution in [0.25, 0.3) is 11.4 Å². The highest BCUT2D eigenvalue weighted by atomic mass is 35.5. The largest absolute Gasteiger partial charge is 0.356 e. The molecule has 3 atom stereocenters. The summed E-state index contributed by atoms with van der Waals surface area (Å²) in [7, 11) is 0. The maximum atomic E-state index is 12.8. The third-order valence-electron chi connectivity index (χ3n) is 6.71. The van der Waals surface area contributed by atoms with E-state index in [2.05, 4.69) is 39.1 Å². The number of amides is 1. The molecule has 0 radical (unpaired) electrons. The second-order valence-corrected chi connectivity index (χ2v) is 10.3. The normalized spacial score (nSPS) is 24.6. The first-order valence-corrected chi connectivity index (χ1v) is 12.7. The van der Waals surface area contributed by atoms with Crippen LogP contribution in [0.1, 0.15) is 45.4 Å². The average molecular weight is 474 g/mol. The van der Waals surface area contributed by atoms with Gasteiger partial charge in [0.1, 0.15) is 0 Å². The molecule has 3 unspecified atom stereocenters. The molecule has 1 aromatic heterocycles. The maximum absolute atomic E-state index is 12.8. The van der Waals surface area contributed by atoms with Crippen LogP contribution in [0.4, 0.5) is 0 Å².